The molecule has 0 atom stereocenters. The Morgan fingerprint density at radius 3 is 2.69 bits per heavy atom. The monoisotopic (exact) mass is 288 g/mol. The van der Waals surface area contributed by atoms with Gasteiger partial charge in [-0.15, -0.1) is 0 Å². The van der Waals surface area contributed by atoms with Crippen LogP contribution in [-0.4, -0.2) is 20.5 Å². The molecule has 0 aromatic heterocycles. The minimum absolute atomic E-state index is 0.247. The maximum atomic E-state index is 5.54. The lowest BCUT2D eigenvalue weighted by atomic mass is 10.2. The van der Waals surface area contributed by atoms with Crippen LogP contribution in [0.25, 0.3) is 0 Å². The molecule has 0 unspecified atom stereocenters. The van der Waals surface area contributed by atoms with Crippen molar-refractivity contribution >= 4 is 15.9 Å². The number of methoxy groups -OCH3 is 1. The molecule has 90 valence electrons. The molecule has 1 aromatic rings. The van der Waals surface area contributed by atoms with Crippen molar-refractivity contribution in [2.75, 3.05) is 20.5 Å². The molecule has 0 heterocycles. The smallest absolute Gasteiger partial charge is 0.188 e. The summed E-state index contributed by atoms with van der Waals surface area (Å²) in [5, 5.41) is 0.750. The topological polar surface area (TPSA) is 27.7 Å². The minimum atomic E-state index is 0.247. The van der Waals surface area contributed by atoms with Gasteiger partial charge in [-0.3, -0.25) is 0 Å². The van der Waals surface area contributed by atoms with Crippen molar-refractivity contribution in [2.24, 2.45) is 0 Å². The normalized spacial score (nSPS) is 10.2. The second-order valence-corrected chi connectivity index (χ2v) is 3.86. The molecule has 0 amide bonds. The predicted molar refractivity (Wildman–Crippen MR) is 67.4 cm³/mol. The fourth-order valence-electron chi connectivity index (χ4n) is 1.21. The number of hydrogen-bond donors (Lipinski definition) is 0. The van der Waals surface area contributed by atoms with E-state index in [1.165, 1.54) is 0 Å². The zero-order valence-corrected chi connectivity index (χ0v) is 11.2. The van der Waals surface area contributed by atoms with Crippen molar-refractivity contribution in [3.8, 4) is 11.5 Å². The summed E-state index contributed by atoms with van der Waals surface area (Å²) in [5.41, 5.74) is 1.08. The number of benzene rings is 1. The number of ether oxygens (including phenoxy) is 3. The van der Waals surface area contributed by atoms with E-state index in [-0.39, 0.29) is 6.79 Å². The molecule has 0 N–H and O–H groups in total. The average molecular weight is 289 g/mol. The first-order valence-electron chi connectivity index (χ1n) is 5.25. The minimum Gasteiger partial charge on any atom is -0.493 e. The van der Waals surface area contributed by atoms with Crippen LogP contribution in [0.3, 0.4) is 0 Å². The Bertz CT molecular complexity index is 315. The quantitative estimate of drug-likeness (QED) is 0.569. The maximum absolute atomic E-state index is 5.54. The van der Waals surface area contributed by atoms with Gasteiger partial charge in [0, 0.05) is 24.1 Å². The molecule has 0 fully saturated rings. The Morgan fingerprint density at radius 1 is 1.25 bits per heavy atom. The second kappa shape index (κ2) is 7.52. The van der Waals surface area contributed by atoms with E-state index >= 15 is 0 Å². The molecule has 0 saturated carbocycles. The van der Waals surface area contributed by atoms with Gasteiger partial charge in [-0.1, -0.05) is 28.9 Å². The largest absolute Gasteiger partial charge is 0.493 e. The van der Waals surface area contributed by atoms with Crippen LogP contribution in [-0.2, 0) is 10.1 Å². The van der Waals surface area contributed by atoms with Crippen molar-refractivity contribution < 1.29 is 14.2 Å². The average Bonchev–Trinajstić information content (AvgIpc) is 2.33. The molecule has 0 aliphatic rings. The highest BCUT2D eigenvalue weighted by Crippen LogP contribution is 2.26. The summed E-state index contributed by atoms with van der Waals surface area (Å²) in [5.74, 6) is 1.63. The van der Waals surface area contributed by atoms with Crippen LogP contribution in [0.4, 0.5) is 0 Å². The van der Waals surface area contributed by atoms with E-state index < -0.39 is 0 Å². The highest BCUT2D eigenvalue weighted by molar-refractivity contribution is 9.08. The van der Waals surface area contributed by atoms with Crippen molar-refractivity contribution in [3.63, 3.8) is 0 Å². The lowest BCUT2D eigenvalue weighted by Crippen LogP contribution is -2.02. The fourth-order valence-corrected chi connectivity index (χ4v) is 1.67. The zero-order valence-electron chi connectivity index (χ0n) is 9.66. The van der Waals surface area contributed by atoms with Gasteiger partial charge < -0.3 is 14.2 Å². The van der Waals surface area contributed by atoms with Crippen molar-refractivity contribution in [2.45, 2.75) is 18.7 Å². The van der Waals surface area contributed by atoms with Gasteiger partial charge in [0.15, 0.2) is 6.79 Å². The first kappa shape index (κ1) is 13.3. The van der Waals surface area contributed by atoms with Gasteiger partial charge in [0.2, 0.25) is 0 Å². The van der Waals surface area contributed by atoms with E-state index in [0.717, 1.165) is 35.4 Å². The Morgan fingerprint density at radius 2 is 2.06 bits per heavy atom. The van der Waals surface area contributed by atoms with Gasteiger partial charge in [0.05, 0.1) is 6.61 Å². The number of rotatable bonds is 7. The van der Waals surface area contributed by atoms with Crippen LogP contribution in [0, 0.1) is 0 Å². The molecule has 0 aliphatic carbocycles. The van der Waals surface area contributed by atoms with Gasteiger partial charge in [-0.05, 0) is 12.5 Å². The molecule has 4 heteroatoms. The third-order valence-corrected chi connectivity index (χ3v) is 2.59. The summed E-state index contributed by atoms with van der Waals surface area (Å²) in [6, 6.07) is 5.84. The fraction of sp³-hybridized carbons (Fsp3) is 0.500. The third-order valence-electron chi connectivity index (χ3n) is 1.99. The van der Waals surface area contributed by atoms with Gasteiger partial charge in [-0.2, -0.15) is 0 Å². The molecule has 3 nitrogen and oxygen atoms in total. The molecule has 0 bridgehead atoms. The Labute approximate surface area is 105 Å². The summed E-state index contributed by atoms with van der Waals surface area (Å²) in [4.78, 5) is 0. The summed E-state index contributed by atoms with van der Waals surface area (Å²) < 4.78 is 15.9. The molecule has 1 rings (SSSR count). The molecular formula is C12H17BrO3. The molecule has 0 spiro atoms. The first-order valence-corrected chi connectivity index (χ1v) is 6.37. The van der Waals surface area contributed by atoms with E-state index in [1.54, 1.807) is 7.11 Å². The molecule has 1 aromatic carbocycles. The highest BCUT2D eigenvalue weighted by Gasteiger charge is 2.05. The molecule has 0 aliphatic heterocycles. The third kappa shape index (κ3) is 4.02. The van der Waals surface area contributed by atoms with Gasteiger partial charge in [-0.25, -0.2) is 0 Å². The van der Waals surface area contributed by atoms with Crippen LogP contribution in [0.1, 0.15) is 18.9 Å². The number of halogens is 1. The predicted octanol–water partition coefficient (Wildman–Crippen LogP) is 3.35. The van der Waals surface area contributed by atoms with Gasteiger partial charge in [0.25, 0.3) is 0 Å². The molecule has 0 radical (unpaired) electrons. The van der Waals surface area contributed by atoms with Gasteiger partial charge >= 0.3 is 0 Å². The summed E-state index contributed by atoms with van der Waals surface area (Å²) in [7, 11) is 1.60. The van der Waals surface area contributed by atoms with Crippen LogP contribution >= 0.6 is 15.9 Å². The van der Waals surface area contributed by atoms with E-state index in [4.69, 9.17) is 14.2 Å². The van der Waals surface area contributed by atoms with E-state index in [0.29, 0.717) is 0 Å². The van der Waals surface area contributed by atoms with Crippen LogP contribution < -0.4 is 9.47 Å². The maximum Gasteiger partial charge on any atom is 0.188 e. The lowest BCUT2D eigenvalue weighted by molar-refractivity contribution is 0.0504. The summed E-state index contributed by atoms with van der Waals surface area (Å²) >= 11 is 3.42. The number of alkyl halides is 1. The molecular weight excluding hydrogens is 272 g/mol. The Kier molecular flexibility index (Phi) is 6.26. The van der Waals surface area contributed by atoms with E-state index in [1.807, 2.05) is 18.2 Å². The molecule has 0 saturated heterocycles. The van der Waals surface area contributed by atoms with Crippen LogP contribution in [0.15, 0.2) is 18.2 Å². The molecule has 16 heavy (non-hydrogen) atoms. The van der Waals surface area contributed by atoms with E-state index in [9.17, 15) is 0 Å². The summed E-state index contributed by atoms with van der Waals surface area (Å²) in [6.07, 6.45) is 0.995. The van der Waals surface area contributed by atoms with Gasteiger partial charge in [0.1, 0.15) is 11.5 Å². The highest BCUT2D eigenvalue weighted by atomic mass is 79.9. The van der Waals surface area contributed by atoms with Crippen molar-refractivity contribution in [3.05, 3.63) is 23.8 Å². The zero-order chi connectivity index (χ0) is 11.8. The Hall–Kier alpha value is -0.740. The first-order chi connectivity index (χ1) is 7.81. The van der Waals surface area contributed by atoms with Crippen LogP contribution in [0.5, 0.6) is 11.5 Å². The second-order valence-electron chi connectivity index (χ2n) is 3.30. The SMILES string of the molecule is CCCOc1ccc(CBr)c(OCOC)c1. The number of hydrogen-bond acceptors (Lipinski definition) is 3. The summed E-state index contributed by atoms with van der Waals surface area (Å²) in [6.45, 7) is 3.05. The lowest BCUT2D eigenvalue weighted by Gasteiger charge is -2.11. The Balaban J connectivity index is 2.74. The van der Waals surface area contributed by atoms with Crippen molar-refractivity contribution in [1.82, 2.24) is 0 Å². The van der Waals surface area contributed by atoms with Crippen molar-refractivity contribution in [1.29, 1.82) is 0 Å². The standard InChI is InChI=1S/C12H17BrO3/c1-3-6-15-11-5-4-10(8-13)12(7-11)16-9-14-2/h4-5,7H,3,6,8-9H2,1-2H3. The van der Waals surface area contributed by atoms with E-state index in [2.05, 4.69) is 22.9 Å². The van der Waals surface area contributed by atoms with Crippen LogP contribution in [0.2, 0.25) is 0 Å².